The minimum atomic E-state index is -4.55. The molecule has 0 aromatic carbocycles. The molecular formula is C37H70F3N5O. The van der Waals surface area contributed by atoms with E-state index >= 15 is 0 Å². The van der Waals surface area contributed by atoms with Gasteiger partial charge in [-0.1, -0.05) is 127 Å². The SMILES string of the molecule is CC.CC.CC/C=C(\CC)Nc1ncc(C(F)(F)F)c(NCCCN(C)C(=O)C2CCC2)n1.CC1CC1.CCCCC(C)CCC. The number of hydrogen-bond acceptors (Lipinski definition) is 5. The molecule has 1 aromatic heterocycles. The third kappa shape index (κ3) is 21.5. The standard InChI is InChI=1S/C20H30F3N5O.C9H20.C4H8.2C2H6/c1-4-8-15(5-2)26-19-25-13-16(20(21,22)23)17(27-19)24-11-7-12-28(3)18(29)14-9-6-10-14;1-4-6-8-9(3)7-5-2;1-4-2-3-4;2*1-2/h8,13-14H,4-7,9-12H2,1-3H3,(H2,24,25,26,27);9H,4-8H2,1-3H3;4H,2-3H2,1H3;2*1-2H3/b15-8+;;;;. The molecule has 1 atom stereocenters. The van der Waals surface area contributed by atoms with E-state index in [9.17, 15) is 18.0 Å². The van der Waals surface area contributed by atoms with Crippen LogP contribution in [0.2, 0.25) is 0 Å². The number of hydrogen-bond donors (Lipinski definition) is 2. The molecule has 46 heavy (non-hydrogen) atoms. The van der Waals surface area contributed by atoms with Crippen LogP contribution < -0.4 is 10.6 Å². The van der Waals surface area contributed by atoms with E-state index < -0.39 is 11.7 Å². The van der Waals surface area contributed by atoms with Crippen molar-refractivity contribution in [2.24, 2.45) is 17.8 Å². The summed E-state index contributed by atoms with van der Waals surface area (Å²) in [4.78, 5) is 21.6. The Labute approximate surface area is 281 Å². The minimum Gasteiger partial charge on any atom is -0.369 e. The first-order valence-electron chi connectivity index (χ1n) is 18.4. The second-order valence-corrected chi connectivity index (χ2v) is 12.0. The van der Waals surface area contributed by atoms with Crippen molar-refractivity contribution < 1.29 is 18.0 Å². The molecule has 0 aliphatic heterocycles. The van der Waals surface area contributed by atoms with Crippen molar-refractivity contribution >= 4 is 17.7 Å². The average Bonchev–Trinajstić information content (AvgIpc) is 3.81. The maximum Gasteiger partial charge on any atom is 0.421 e. The largest absolute Gasteiger partial charge is 0.421 e. The van der Waals surface area contributed by atoms with Gasteiger partial charge in [0.25, 0.3) is 0 Å². The molecule has 0 radical (unpaired) electrons. The molecule has 6 nitrogen and oxygen atoms in total. The summed E-state index contributed by atoms with van der Waals surface area (Å²) in [6.07, 6.45) is 13.1. The van der Waals surface area contributed by atoms with Gasteiger partial charge in [-0.2, -0.15) is 18.2 Å². The van der Waals surface area contributed by atoms with E-state index in [1.807, 2.05) is 47.6 Å². The van der Waals surface area contributed by atoms with Gasteiger partial charge in [0.15, 0.2) is 0 Å². The number of amides is 1. The van der Waals surface area contributed by atoms with Crippen molar-refractivity contribution in [2.45, 2.75) is 159 Å². The number of anilines is 2. The number of carbonyl (C=O) groups excluding carboxylic acids is 1. The van der Waals surface area contributed by atoms with Crippen LogP contribution in [0.3, 0.4) is 0 Å². The Kier molecular flexibility index (Phi) is 27.6. The average molecular weight is 658 g/mol. The number of nitrogens with zero attached hydrogens (tertiary/aromatic N) is 3. The first-order valence-corrected chi connectivity index (χ1v) is 18.4. The lowest BCUT2D eigenvalue weighted by atomic mass is 9.84. The highest BCUT2D eigenvalue weighted by molar-refractivity contribution is 5.79. The molecule has 2 aliphatic carbocycles. The molecule has 2 fully saturated rings. The molecule has 0 bridgehead atoms. The van der Waals surface area contributed by atoms with Crippen LogP contribution in [0.5, 0.6) is 0 Å². The summed E-state index contributed by atoms with van der Waals surface area (Å²) in [5.41, 5.74) is -0.0474. The number of aromatic nitrogens is 2. The molecule has 270 valence electrons. The number of unbranched alkanes of at least 4 members (excludes halogenated alkanes) is 1. The van der Waals surface area contributed by atoms with Crippen LogP contribution in [0.1, 0.15) is 158 Å². The van der Waals surface area contributed by atoms with Crippen LogP contribution >= 0.6 is 0 Å². The molecule has 2 N–H and O–H groups in total. The number of carbonyl (C=O) groups is 1. The number of alkyl halides is 3. The van der Waals surface area contributed by atoms with Gasteiger partial charge in [-0.15, -0.1) is 0 Å². The van der Waals surface area contributed by atoms with Crippen molar-refractivity contribution in [1.29, 1.82) is 0 Å². The summed E-state index contributed by atoms with van der Waals surface area (Å²) >= 11 is 0. The van der Waals surface area contributed by atoms with Crippen LogP contribution in [-0.2, 0) is 11.0 Å². The highest BCUT2D eigenvalue weighted by atomic mass is 19.4. The van der Waals surface area contributed by atoms with Crippen LogP contribution in [0.15, 0.2) is 18.0 Å². The topological polar surface area (TPSA) is 70.2 Å². The summed E-state index contributed by atoms with van der Waals surface area (Å²) in [6, 6.07) is 0. The maximum atomic E-state index is 13.3. The van der Waals surface area contributed by atoms with Gasteiger partial charge in [-0.05, 0) is 43.9 Å². The molecule has 0 spiro atoms. The van der Waals surface area contributed by atoms with Crippen molar-refractivity contribution in [3.8, 4) is 0 Å². The predicted octanol–water partition coefficient (Wildman–Crippen LogP) is 11.8. The van der Waals surface area contributed by atoms with E-state index in [2.05, 4.69) is 48.3 Å². The van der Waals surface area contributed by atoms with E-state index in [0.29, 0.717) is 19.4 Å². The smallest absolute Gasteiger partial charge is 0.369 e. The lowest BCUT2D eigenvalue weighted by Gasteiger charge is -2.29. The normalized spacial score (nSPS) is 14.7. The summed E-state index contributed by atoms with van der Waals surface area (Å²) in [5, 5.41) is 5.74. The van der Waals surface area contributed by atoms with Gasteiger partial charge in [0, 0.05) is 37.9 Å². The van der Waals surface area contributed by atoms with Crippen molar-refractivity contribution in [2.75, 3.05) is 30.8 Å². The number of allylic oxidation sites excluding steroid dienone is 2. The molecule has 1 heterocycles. The third-order valence-corrected chi connectivity index (χ3v) is 7.69. The molecule has 3 rings (SSSR count). The Morgan fingerprint density at radius 1 is 1.02 bits per heavy atom. The fourth-order valence-corrected chi connectivity index (χ4v) is 4.41. The second kappa shape index (κ2) is 27.8. The molecule has 1 amide bonds. The lowest BCUT2D eigenvalue weighted by molar-refractivity contribution is -0.137. The van der Waals surface area contributed by atoms with Gasteiger partial charge < -0.3 is 15.5 Å². The maximum absolute atomic E-state index is 13.3. The van der Waals surface area contributed by atoms with Gasteiger partial charge in [0.1, 0.15) is 11.4 Å². The molecule has 0 saturated heterocycles. The van der Waals surface area contributed by atoms with E-state index in [4.69, 9.17) is 0 Å². The summed E-state index contributed by atoms with van der Waals surface area (Å²) in [6.45, 7) is 21.8. The van der Waals surface area contributed by atoms with Crippen molar-refractivity contribution in [1.82, 2.24) is 14.9 Å². The first kappa shape index (κ1) is 45.8. The van der Waals surface area contributed by atoms with E-state index in [1.165, 1.54) is 44.9 Å². The molecule has 2 saturated carbocycles. The third-order valence-electron chi connectivity index (χ3n) is 7.69. The molecule has 1 unspecified atom stereocenters. The fourth-order valence-electron chi connectivity index (χ4n) is 4.41. The van der Waals surface area contributed by atoms with E-state index in [-0.39, 0.29) is 30.1 Å². The molecule has 1 aromatic rings. The zero-order valence-electron chi connectivity index (χ0n) is 31.4. The molecule has 9 heteroatoms. The zero-order chi connectivity index (χ0) is 35.5. The number of halogens is 3. The number of rotatable bonds is 15. The lowest BCUT2D eigenvalue weighted by Crippen LogP contribution is -2.37. The van der Waals surface area contributed by atoms with Crippen LogP contribution in [0.25, 0.3) is 0 Å². The monoisotopic (exact) mass is 658 g/mol. The highest BCUT2D eigenvalue weighted by Crippen LogP contribution is 2.34. The van der Waals surface area contributed by atoms with Gasteiger partial charge in [0.2, 0.25) is 11.9 Å². The van der Waals surface area contributed by atoms with E-state index in [0.717, 1.165) is 49.4 Å². The summed E-state index contributed by atoms with van der Waals surface area (Å²) in [7, 11) is 1.74. The van der Waals surface area contributed by atoms with Crippen LogP contribution in [0, 0.1) is 17.8 Å². The minimum absolute atomic E-state index is 0.115. The Bertz CT molecular complexity index is 915. The van der Waals surface area contributed by atoms with Gasteiger partial charge in [0.05, 0.1) is 0 Å². The van der Waals surface area contributed by atoms with Crippen molar-refractivity contribution in [3.63, 3.8) is 0 Å². The quantitative estimate of drug-likeness (QED) is 0.184. The first-order chi connectivity index (χ1) is 22.0. The predicted molar refractivity (Wildman–Crippen MR) is 192 cm³/mol. The molecular weight excluding hydrogens is 587 g/mol. The zero-order valence-corrected chi connectivity index (χ0v) is 31.4. The highest BCUT2D eigenvalue weighted by Gasteiger charge is 2.35. The Balaban J connectivity index is 0. The van der Waals surface area contributed by atoms with Gasteiger partial charge >= 0.3 is 6.18 Å². The van der Waals surface area contributed by atoms with E-state index in [1.54, 1.807) is 11.9 Å². The Hall–Kier alpha value is -2.32. The fraction of sp³-hybridized carbons (Fsp3) is 0.811. The second-order valence-electron chi connectivity index (χ2n) is 12.0. The van der Waals surface area contributed by atoms with Crippen LogP contribution in [-0.4, -0.2) is 40.9 Å². The Morgan fingerprint density at radius 3 is 2.07 bits per heavy atom. The number of nitrogens with one attached hydrogen (secondary N) is 2. The van der Waals surface area contributed by atoms with Crippen molar-refractivity contribution in [3.05, 3.63) is 23.5 Å². The Morgan fingerprint density at radius 2 is 1.63 bits per heavy atom. The summed E-state index contributed by atoms with van der Waals surface area (Å²) in [5.74, 6) is 2.16. The van der Waals surface area contributed by atoms with Crippen LogP contribution in [0.4, 0.5) is 24.9 Å². The van der Waals surface area contributed by atoms with Gasteiger partial charge in [-0.25, -0.2) is 4.98 Å². The summed E-state index contributed by atoms with van der Waals surface area (Å²) < 4.78 is 39.9. The van der Waals surface area contributed by atoms with Gasteiger partial charge in [-0.3, -0.25) is 4.79 Å². The molecule has 2 aliphatic rings.